The highest BCUT2D eigenvalue weighted by molar-refractivity contribution is 5.77. The summed E-state index contributed by atoms with van der Waals surface area (Å²) in [5, 5.41) is 0. The molecule has 1 fully saturated rings. The summed E-state index contributed by atoms with van der Waals surface area (Å²) in [6.07, 6.45) is 5.61. The minimum Gasteiger partial charge on any atom is -0.332 e. The first-order valence-electron chi connectivity index (χ1n) is 8.37. The fourth-order valence-corrected chi connectivity index (χ4v) is 3.43. The van der Waals surface area contributed by atoms with Gasteiger partial charge in [0.2, 0.25) is 5.91 Å². The predicted molar refractivity (Wildman–Crippen MR) is 85.2 cm³/mol. The van der Waals surface area contributed by atoms with Crippen LogP contribution in [0.2, 0.25) is 0 Å². The van der Waals surface area contributed by atoms with Crippen molar-refractivity contribution < 1.29 is 4.79 Å². The van der Waals surface area contributed by atoms with E-state index in [1.54, 1.807) is 0 Å². The second kappa shape index (κ2) is 6.32. The zero-order valence-corrected chi connectivity index (χ0v) is 13.9. The van der Waals surface area contributed by atoms with Crippen molar-refractivity contribution in [3.8, 4) is 0 Å². The molecule has 1 aromatic heterocycles. The molecule has 5 heteroatoms. The molecular formula is C17H26N4O. The number of aromatic nitrogens is 2. The first-order valence-corrected chi connectivity index (χ1v) is 8.37. The second-order valence-electron chi connectivity index (χ2n) is 7.03. The van der Waals surface area contributed by atoms with Gasteiger partial charge in [-0.3, -0.25) is 4.79 Å². The molecular weight excluding hydrogens is 276 g/mol. The van der Waals surface area contributed by atoms with E-state index in [9.17, 15) is 4.79 Å². The van der Waals surface area contributed by atoms with Gasteiger partial charge in [0.15, 0.2) is 5.82 Å². The molecule has 3 heterocycles. The SMILES string of the molecule is CC(C)CC(=O)N1CCCC1c1ncc2c(n1)CCN(C)C2. The van der Waals surface area contributed by atoms with Gasteiger partial charge in [-0.1, -0.05) is 13.8 Å². The Kier molecular flexibility index (Phi) is 4.43. The highest BCUT2D eigenvalue weighted by atomic mass is 16.2. The van der Waals surface area contributed by atoms with Gasteiger partial charge in [0, 0.05) is 49.9 Å². The van der Waals surface area contributed by atoms with Crippen molar-refractivity contribution in [1.82, 2.24) is 19.8 Å². The molecule has 22 heavy (non-hydrogen) atoms. The molecule has 0 radical (unpaired) electrons. The van der Waals surface area contributed by atoms with Crippen LogP contribution in [-0.2, 0) is 17.8 Å². The lowest BCUT2D eigenvalue weighted by Gasteiger charge is -2.27. The summed E-state index contributed by atoms with van der Waals surface area (Å²) in [5.41, 5.74) is 2.40. The number of likely N-dealkylation sites (tertiary alicyclic amines) is 1. The molecule has 1 unspecified atom stereocenters. The van der Waals surface area contributed by atoms with Gasteiger partial charge in [-0.2, -0.15) is 0 Å². The molecule has 0 aliphatic carbocycles. The number of rotatable bonds is 3. The fourth-order valence-electron chi connectivity index (χ4n) is 3.43. The summed E-state index contributed by atoms with van der Waals surface area (Å²) in [4.78, 5) is 26.1. The maximum Gasteiger partial charge on any atom is 0.223 e. The molecule has 120 valence electrons. The Bertz CT molecular complexity index is 558. The van der Waals surface area contributed by atoms with Crippen molar-refractivity contribution in [2.24, 2.45) is 5.92 Å². The van der Waals surface area contributed by atoms with Crippen LogP contribution in [0.15, 0.2) is 6.20 Å². The maximum absolute atomic E-state index is 12.4. The molecule has 1 saturated heterocycles. The number of amides is 1. The topological polar surface area (TPSA) is 49.3 Å². The third kappa shape index (κ3) is 3.14. The van der Waals surface area contributed by atoms with Crippen LogP contribution in [0.5, 0.6) is 0 Å². The number of hydrogen-bond donors (Lipinski definition) is 0. The Hall–Kier alpha value is -1.49. The van der Waals surface area contributed by atoms with Crippen molar-refractivity contribution >= 4 is 5.91 Å². The van der Waals surface area contributed by atoms with Gasteiger partial charge < -0.3 is 9.80 Å². The first-order chi connectivity index (χ1) is 10.5. The number of carbonyl (C=O) groups excluding carboxylic acids is 1. The van der Waals surface area contributed by atoms with Crippen LogP contribution in [-0.4, -0.2) is 45.8 Å². The molecule has 3 rings (SSSR count). The number of hydrogen-bond acceptors (Lipinski definition) is 4. The van der Waals surface area contributed by atoms with Crippen molar-refractivity contribution in [3.63, 3.8) is 0 Å². The number of fused-ring (bicyclic) bond motifs is 1. The lowest BCUT2D eigenvalue weighted by atomic mass is 10.1. The zero-order valence-electron chi connectivity index (χ0n) is 13.9. The minimum absolute atomic E-state index is 0.0798. The van der Waals surface area contributed by atoms with Crippen LogP contribution >= 0.6 is 0 Å². The van der Waals surface area contributed by atoms with Gasteiger partial charge in [-0.15, -0.1) is 0 Å². The Morgan fingerprint density at radius 3 is 3.00 bits per heavy atom. The van der Waals surface area contributed by atoms with Crippen LogP contribution in [0.1, 0.15) is 56.2 Å². The Labute approximate surface area is 132 Å². The maximum atomic E-state index is 12.4. The van der Waals surface area contributed by atoms with Gasteiger partial charge in [0.05, 0.1) is 6.04 Å². The largest absolute Gasteiger partial charge is 0.332 e. The molecule has 0 N–H and O–H groups in total. The zero-order chi connectivity index (χ0) is 15.7. The Balaban J connectivity index is 1.79. The smallest absolute Gasteiger partial charge is 0.223 e. The number of likely N-dealkylation sites (N-methyl/N-ethyl adjacent to an activating group) is 1. The molecule has 1 aromatic rings. The Morgan fingerprint density at radius 1 is 1.41 bits per heavy atom. The summed E-state index contributed by atoms with van der Waals surface area (Å²) >= 11 is 0. The van der Waals surface area contributed by atoms with Crippen molar-refractivity contribution in [3.05, 3.63) is 23.3 Å². The monoisotopic (exact) mass is 302 g/mol. The summed E-state index contributed by atoms with van der Waals surface area (Å²) < 4.78 is 0. The number of nitrogens with zero attached hydrogens (tertiary/aromatic N) is 4. The summed E-state index contributed by atoms with van der Waals surface area (Å²) in [5.74, 6) is 1.49. The summed E-state index contributed by atoms with van der Waals surface area (Å²) in [6.45, 7) is 7.00. The molecule has 0 aromatic carbocycles. The molecule has 2 aliphatic heterocycles. The molecule has 0 spiro atoms. The lowest BCUT2D eigenvalue weighted by molar-refractivity contribution is -0.133. The molecule has 5 nitrogen and oxygen atoms in total. The summed E-state index contributed by atoms with van der Waals surface area (Å²) in [7, 11) is 2.13. The molecule has 1 amide bonds. The van der Waals surface area contributed by atoms with E-state index in [0.29, 0.717) is 12.3 Å². The van der Waals surface area contributed by atoms with Crippen LogP contribution in [0.25, 0.3) is 0 Å². The van der Waals surface area contributed by atoms with Crippen molar-refractivity contribution in [1.29, 1.82) is 0 Å². The van der Waals surface area contributed by atoms with E-state index >= 15 is 0 Å². The van der Waals surface area contributed by atoms with Crippen molar-refractivity contribution in [2.45, 2.75) is 52.1 Å². The predicted octanol–water partition coefficient (Wildman–Crippen LogP) is 2.17. The first kappa shape index (κ1) is 15.4. The second-order valence-corrected chi connectivity index (χ2v) is 7.03. The minimum atomic E-state index is 0.0798. The Morgan fingerprint density at radius 2 is 2.23 bits per heavy atom. The third-order valence-electron chi connectivity index (χ3n) is 4.60. The van der Waals surface area contributed by atoms with Crippen LogP contribution < -0.4 is 0 Å². The lowest BCUT2D eigenvalue weighted by Crippen LogP contribution is -2.33. The van der Waals surface area contributed by atoms with Gasteiger partial charge in [0.25, 0.3) is 0 Å². The third-order valence-corrected chi connectivity index (χ3v) is 4.60. The van der Waals surface area contributed by atoms with E-state index in [4.69, 9.17) is 4.98 Å². The highest BCUT2D eigenvalue weighted by Gasteiger charge is 2.32. The van der Waals surface area contributed by atoms with E-state index in [1.165, 1.54) is 11.3 Å². The normalized spacial score (nSPS) is 22.2. The van der Waals surface area contributed by atoms with Crippen molar-refractivity contribution in [2.75, 3.05) is 20.1 Å². The van der Waals surface area contributed by atoms with Gasteiger partial charge >= 0.3 is 0 Å². The fraction of sp³-hybridized carbons (Fsp3) is 0.706. The molecule has 1 atom stereocenters. The van der Waals surface area contributed by atoms with Gasteiger partial charge in [-0.25, -0.2) is 9.97 Å². The standard InChI is InChI=1S/C17H26N4O/c1-12(2)9-16(22)21-7-4-5-15(21)17-18-10-13-11-20(3)8-6-14(13)19-17/h10,12,15H,4-9,11H2,1-3H3. The molecule has 0 bridgehead atoms. The van der Waals surface area contributed by atoms with E-state index in [-0.39, 0.29) is 11.9 Å². The van der Waals surface area contributed by atoms with E-state index in [1.807, 2.05) is 11.1 Å². The van der Waals surface area contributed by atoms with E-state index in [0.717, 1.165) is 44.7 Å². The van der Waals surface area contributed by atoms with E-state index < -0.39 is 0 Å². The van der Waals surface area contributed by atoms with Crippen LogP contribution in [0.4, 0.5) is 0 Å². The van der Waals surface area contributed by atoms with E-state index in [2.05, 4.69) is 30.8 Å². The average molecular weight is 302 g/mol. The highest BCUT2D eigenvalue weighted by Crippen LogP contribution is 2.31. The van der Waals surface area contributed by atoms with Crippen LogP contribution in [0, 0.1) is 5.92 Å². The van der Waals surface area contributed by atoms with Crippen LogP contribution in [0.3, 0.4) is 0 Å². The van der Waals surface area contributed by atoms with Gasteiger partial charge in [0.1, 0.15) is 0 Å². The summed E-state index contributed by atoms with van der Waals surface area (Å²) in [6, 6.07) is 0.0798. The van der Waals surface area contributed by atoms with Gasteiger partial charge in [-0.05, 0) is 25.8 Å². The quantitative estimate of drug-likeness (QED) is 0.858. The number of carbonyl (C=O) groups is 1. The molecule has 2 aliphatic rings. The molecule has 0 saturated carbocycles. The average Bonchev–Trinajstić information content (AvgIpc) is 2.95.